The van der Waals surface area contributed by atoms with Crippen LogP contribution in [0.3, 0.4) is 0 Å². The van der Waals surface area contributed by atoms with Crippen molar-refractivity contribution in [2.24, 2.45) is 0 Å². The van der Waals surface area contributed by atoms with Gasteiger partial charge in [0.15, 0.2) is 0 Å². The Balaban J connectivity index is 5.32. The number of hydrogen-bond acceptors (Lipinski definition) is 7. The van der Waals surface area contributed by atoms with Gasteiger partial charge in [-0.15, -0.1) is 0 Å². The fourth-order valence-electron chi connectivity index (χ4n) is 2.54. The van der Waals surface area contributed by atoms with E-state index in [0.29, 0.717) is 0 Å². The smallest absolute Gasteiger partial charge is 0.376 e. The first-order chi connectivity index (χ1) is 9.99. The minimum absolute atomic E-state index is 0.0743. The first-order valence-corrected chi connectivity index (χ1v) is 10.7. The molecule has 0 saturated heterocycles. The average Bonchev–Trinajstić information content (AvgIpc) is 2.55. The quantitative estimate of drug-likeness (QED) is 0.530. The van der Waals surface area contributed by atoms with Crippen molar-refractivity contribution in [2.45, 2.75) is 38.0 Å². The van der Waals surface area contributed by atoms with E-state index in [4.69, 9.17) is 26.6 Å². The maximum absolute atomic E-state index is 5.57. The van der Waals surface area contributed by atoms with E-state index >= 15 is 0 Å². The van der Waals surface area contributed by atoms with Gasteiger partial charge in [-0.3, -0.25) is 0 Å². The van der Waals surface area contributed by atoms with Crippen molar-refractivity contribution in [3.63, 3.8) is 0 Å². The summed E-state index contributed by atoms with van der Waals surface area (Å²) in [5.41, 5.74) is -0.149. The van der Waals surface area contributed by atoms with E-state index in [0.717, 1.165) is 12.8 Å². The van der Waals surface area contributed by atoms with Gasteiger partial charge in [0, 0.05) is 42.7 Å². The maximum atomic E-state index is 5.57. The molecule has 9 heteroatoms. The third kappa shape index (κ3) is 4.56. The van der Waals surface area contributed by atoms with E-state index in [9.17, 15) is 0 Å². The molecule has 0 aromatic carbocycles. The van der Waals surface area contributed by atoms with Crippen LogP contribution in [-0.4, -0.2) is 71.6 Å². The van der Waals surface area contributed by atoms with Crippen LogP contribution in [0.2, 0.25) is 0 Å². The second kappa shape index (κ2) is 10.0. The first kappa shape index (κ1) is 21.2. The summed E-state index contributed by atoms with van der Waals surface area (Å²) in [6, 6.07) is 0. The van der Waals surface area contributed by atoms with Crippen molar-refractivity contribution in [3.8, 4) is 0 Å². The maximum Gasteiger partial charge on any atom is 0.517 e. The van der Waals surface area contributed by atoms with Crippen LogP contribution in [0.4, 0.5) is 0 Å². The van der Waals surface area contributed by atoms with Crippen LogP contribution < -0.4 is 5.32 Å². The summed E-state index contributed by atoms with van der Waals surface area (Å²) in [6.45, 7) is 4.11. The molecule has 0 fully saturated rings. The molecule has 0 aliphatic carbocycles. The van der Waals surface area contributed by atoms with Gasteiger partial charge in [-0.25, -0.2) is 0 Å². The largest absolute Gasteiger partial charge is 0.517 e. The molecule has 0 rings (SSSR count). The molecule has 2 atom stereocenters. The van der Waals surface area contributed by atoms with Crippen LogP contribution in [0.15, 0.2) is 0 Å². The van der Waals surface area contributed by atoms with Gasteiger partial charge >= 0.3 is 17.6 Å². The molecule has 21 heavy (non-hydrogen) atoms. The second-order valence-corrected chi connectivity index (χ2v) is 10.8. The summed E-state index contributed by atoms with van der Waals surface area (Å²) in [5, 5.41) is 3.51. The van der Waals surface area contributed by atoms with Gasteiger partial charge in [-0.05, 0) is 12.8 Å². The number of hydrogen-bond donors (Lipinski definition) is 1. The summed E-state index contributed by atoms with van der Waals surface area (Å²) in [6.07, 6.45) is 1.58. The highest BCUT2D eigenvalue weighted by Gasteiger charge is 2.53. The molecule has 0 aromatic rings. The zero-order valence-corrected chi connectivity index (χ0v) is 16.5. The topological polar surface area (TPSA) is 67.4 Å². The Kier molecular flexibility index (Phi) is 10.1. The fraction of sp³-hybridized carbons (Fsp3) is 1.00. The zero-order valence-electron chi connectivity index (χ0n) is 14.5. The summed E-state index contributed by atoms with van der Waals surface area (Å²) in [5.74, 6) is 0. The van der Waals surface area contributed by atoms with Crippen molar-refractivity contribution >= 4 is 17.6 Å². The standard InChI is InChI=1S/C12H31NO6Si2/c1-9-11(20(14-3,15-4)16-5)13-12(10-2)21(17-6,18-7)19-8/h11-13H,9-10H2,1-8H3. The van der Waals surface area contributed by atoms with Crippen LogP contribution in [0, 0.1) is 0 Å². The summed E-state index contributed by atoms with van der Waals surface area (Å²) < 4.78 is 33.4. The van der Waals surface area contributed by atoms with Gasteiger partial charge in [0.25, 0.3) is 0 Å². The minimum Gasteiger partial charge on any atom is -0.376 e. The molecule has 0 aromatic heterocycles. The summed E-state index contributed by atoms with van der Waals surface area (Å²) in [7, 11) is 4.06. The normalized spacial score (nSPS) is 16.0. The molecule has 0 aliphatic heterocycles. The molecule has 0 amide bonds. The second-order valence-electron chi connectivity index (χ2n) is 4.52. The molecule has 0 radical (unpaired) electrons. The molecule has 2 unspecified atom stereocenters. The van der Waals surface area contributed by atoms with E-state index < -0.39 is 17.6 Å². The van der Waals surface area contributed by atoms with Gasteiger partial charge in [0.2, 0.25) is 0 Å². The molecule has 0 bridgehead atoms. The highest BCUT2D eigenvalue weighted by Crippen LogP contribution is 2.20. The Morgan fingerprint density at radius 2 is 0.857 bits per heavy atom. The molecule has 0 spiro atoms. The molecule has 0 aliphatic rings. The van der Waals surface area contributed by atoms with E-state index in [1.807, 2.05) is 0 Å². The Morgan fingerprint density at radius 1 is 0.619 bits per heavy atom. The molecule has 0 heterocycles. The Labute approximate surface area is 130 Å². The zero-order chi connectivity index (χ0) is 16.5. The lowest BCUT2D eigenvalue weighted by Gasteiger charge is -2.38. The van der Waals surface area contributed by atoms with E-state index in [1.54, 1.807) is 42.7 Å². The van der Waals surface area contributed by atoms with Crippen LogP contribution in [0.1, 0.15) is 26.7 Å². The average molecular weight is 342 g/mol. The van der Waals surface area contributed by atoms with Gasteiger partial charge in [0.1, 0.15) is 0 Å². The highest BCUT2D eigenvalue weighted by atomic mass is 28.4. The van der Waals surface area contributed by atoms with Crippen molar-refractivity contribution in [1.82, 2.24) is 5.32 Å². The molecule has 7 nitrogen and oxygen atoms in total. The third-order valence-electron chi connectivity index (χ3n) is 3.78. The first-order valence-electron chi connectivity index (χ1n) is 7.06. The van der Waals surface area contributed by atoms with Crippen molar-refractivity contribution < 1.29 is 26.6 Å². The molecular weight excluding hydrogens is 310 g/mol. The Bertz CT molecular complexity index is 234. The summed E-state index contributed by atoms with van der Waals surface area (Å²) in [4.78, 5) is 0. The fourth-order valence-corrected chi connectivity index (χ4v) is 7.22. The number of rotatable bonds is 12. The monoisotopic (exact) mass is 341 g/mol. The summed E-state index contributed by atoms with van der Waals surface area (Å²) >= 11 is 0. The van der Waals surface area contributed by atoms with Crippen LogP contribution >= 0.6 is 0 Å². The van der Waals surface area contributed by atoms with Crippen molar-refractivity contribution in [1.29, 1.82) is 0 Å². The minimum atomic E-state index is -2.80. The van der Waals surface area contributed by atoms with E-state index in [-0.39, 0.29) is 11.3 Å². The number of nitrogens with one attached hydrogen (secondary N) is 1. The van der Waals surface area contributed by atoms with Gasteiger partial charge in [-0.2, -0.15) is 0 Å². The predicted molar refractivity (Wildman–Crippen MR) is 84.9 cm³/mol. The molecule has 1 N–H and O–H groups in total. The highest BCUT2D eigenvalue weighted by molar-refractivity contribution is 6.64. The molecule has 0 saturated carbocycles. The van der Waals surface area contributed by atoms with Gasteiger partial charge in [0.05, 0.1) is 11.3 Å². The van der Waals surface area contributed by atoms with Crippen molar-refractivity contribution in [2.75, 3.05) is 42.7 Å². The van der Waals surface area contributed by atoms with Gasteiger partial charge < -0.3 is 31.9 Å². The predicted octanol–water partition coefficient (Wildman–Crippen LogP) is 0.968. The lowest BCUT2D eigenvalue weighted by atomic mass is 10.4. The van der Waals surface area contributed by atoms with E-state index in [1.165, 1.54) is 0 Å². The Hall–Kier alpha value is 0.154. The van der Waals surface area contributed by atoms with Crippen LogP contribution in [0.5, 0.6) is 0 Å². The van der Waals surface area contributed by atoms with Crippen LogP contribution in [-0.2, 0) is 26.6 Å². The third-order valence-corrected chi connectivity index (χ3v) is 10.1. The SMILES string of the molecule is CCC(NC(CC)[Si](OC)(OC)OC)[Si](OC)(OC)OC. The molecule has 128 valence electrons. The van der Waals surface area contributed by atoms with E-state index in [2.05, 4.69) is 19.2 Å². The van der Waals surface area contributed by atoms with Crippen molar-refractivity contribution in [3.05, 3.63) is 0 Å². The van der Waals surface area contributed by atoms with Gasteiger partial charge in [-0.1, -0.05) is 13.8 Å². The lowest BCUT2D eigenvalue weighted by molar-refractivity contribution is 0.0893. The Morgan fingerprint density at radius 3 is 1.00 bits per heavy atom. The van der Waals surface area contributed by atoms with Crippen LogP contribution in [0.25, 0.3) is 0 Å². The molecular formula is C12H31NO6Si2. The lowest BCUT2D eigenvalue weighted by Crippen LogP contribution is -2.68.